The molecule has 0 aliphatic carbocycles. The van der Waals surface area contributed by atoms with E-state index in [1.54, 1.807) is 0 Å². The van der Waals surface area contributed by atoms with Gasteiger partial charge in [-0.25, -0.2) is 4.39 Å². The van der Waals surface area contributed by atoms with E-state index < -0.39 is 0 Å². The number of hydrogen-bond donors (Lipinski definition) is 0. The Bertz CT molecular complexity index is 870. The number of rotatable bonds is 4. The van der Waals surface area contributed by atoms with Crippen LogP contribution < -0.4 is 4.90 Å². The molecular weight excluding hydrogens is 331 g/mol. The lowest BCUT2D eigenvalue weighted by Gasteiger charge is -2.35. The summed E-state index contributed by atoms with van der Waals surface area (Å²) in [6, 6.07) is 14.7. The standard InChI is InChI=1S/C20H21FN4O/c1-15-4-2-3-5-18(15)20-23-22-19(26-20)14-24-10-12-25(13-11-24)17-8-6-16(21)7-9-17/h2-9H,10-14H2,1H3. The molecule has 0 unspecified atom stereocenters. The molecule has 2 aromatic carbocycles. The van der Waals surface area contributed by atoms with Crippen molar-refractivity contribution in [2.24, 2.45) is 0 Å². The van der Waals surface area contributed by atoms with Crippen LogP contribution in [0.1, 0.15) is 11.5 Å². The molecule has 26 heavy (non-hydrogen) atoms. The number of aryl methyl sites for hydroxylation is 1. The number of halogens is 1. The number of hydrogen-bond acceptors (Lipinski definition) is 5. The third kappa shape index (κ3) is 3.60. The lowest BCUT2D eigenvalue weighted by Crippen LogP contribution is -2.46. The van der Waals surface area contributed by atoms with Crippen LogP contribution in [0.4, 0.5) is 10.1 Å². The first-order valence-electron chi connectivity index (χ1n) is 8.80. The average Bonchev–Trinajstić information content (AvgIpc) is 3.12. The molecule has 1 aliphatic rings. The van der Waals surface area contributed by atoms with Crippen molar-refractivity contribution < 1.29 is 8.81 Å². The Kier molecular flexibility index (Phi) is 4.67. The average molecular weight is 352 g/mol. The molecule has 0 N–H and O–H groups in total. The molecule has 0 radical (unpaired) electrons. The second-order valence-electron chi connectivity index (χ2n) is 6.56. The van der Waals surface area contributed by atoms with Gasteiger partial charge < -0.3 is 9.32 Å². The molecule has 0 saturated carbocycles. The van der Waals surface area contributed by atoms with Crippen LogP contribution in [0.3, 0.4) is 0 Å². The highest BCUT2D eigenvalue weighted by Crippen LogP contribution is 2.22. The molecule has 2 heterocycles. The lowest BCUT2D eigenvalue weighted by atomic mass is 10.1. The Morgan fingerprint density at radius 3 is 2.42 bits per heavy atom. The summed E-state index contributed by atoms with van der Waals surface area (Å²) < 4.78 is 18.9. The van der Waals surface area contributed by atoms with Gasteiger partial charge in [-0.1, -0.05) is 18.2 Å². The summed E-state index contributed by atoms with van der Waals surface area (Å²) in [7, 11) is 0. The van der Waals surface area contributed by atoms with Crippen molar-refractivity contribution in [3.63, 3.8) is 0 Å². The van der Waals surface area contributed by atoms with Gasteiger partial charge in [0.05, 0.1) is 6.54 Å². The smallest absolute Gasteiger partial charge is 0.248 e. The Morgan fingerprint density at radius 1 is 0.962 bits per heavy atom. The normalized spacial score (nSPS) is 15.4. The maximum absolute atomic E-state index is 13.1. The number of nitrogens with zero attached hydrogens (tertiary/aromatic N) is 4. The van der Waals surface area contributed by atoms with E-state index in [2.05, 4.69) is 20.0 Å². The van der Waals surface area contributed by atoms with Crippen molar-refractivity contribution in [1.29, 1.82) is 0 Å². The first-order chi connectivity index (χ1) is 12.7. The van der Waals surface area contributed by atoms with Crippen molar-refractivity contribution in [3.8, 4) is 11.5 Å². The topological polar surface area (TPSA) is 45.4 Å². The van der Waals surface area contributed by atoms with Crippen molar-refractivity contribution in [2.45, 2.75) is 13.5 Å². The summed E-state index contributed by atoms with van der Waals surface area (Å²) >= 11 is 0. The van der Waals surface area contributed by atoms with Crippen molar-refractivity contribution in [2.75, 3.05) is 31.1 Å². The summed E-state index contributed by atoms with van der Waals surface area (Å²) in [6.07, 6.45) is 0. The Balaban J connectivity index is 1.36. The van der Waals surface area contributed by atoms with E-state index in [4.69, 9.17) is 4.42 Å². The molecule has 5 nitrogen and oxygen atoms in total. The molecule has 4 rings (SSSR count). The molecule has 134 valence electrons. The maximum Gasteiger partial charge on any atom is 0.248 e. The zero-order chi connectivity index (χ0) is 17.9. The molecule has 0 atom stereocenters. The Hall–Kier alpha value is -2.73. The third-order valence-corrected chi connectivity index (χ3v) is 4.77. The third-order valence-electron chi connectivity index (χ3n) is 4.77. The van der Waals surface area contributed by atoms with Gasteiger partial charge in [0.15, 0.2) is 0 Å². The second-order valence-corrected chi connectivity index (χ2v) is 6.56. The highest BCUT2D eigenvalue weighted by molar-refractivity contribution is 5.57. The minimum Gasteiger partial charge on any atom is -0.419 e. The fourth-order valence-electron chi connectivity index (χ4n) is 3.25. The van der Waals surface area contributed by atoms with E-state index in [9.17, 15) is 4.39 Å². The highest BCUT2D eigenvalue weighted by atomic mass is 19.1. The zero-order valence-corrected chi connectivity index (χ0v) is 14.7. The van der Waals surface area contributed by atoms with Crippen LogP contribution in [0.2, 0.25) is 0 Å². The molecule has 0 amide bonds. The molecule has 0 spiro atoms. The van der Waals surface area contributed by atoms with Crippen LogP contribution in [-0.2, 0) is 6.54 Å². The monoisotopic (exact) mass is 352 g/mol. The largest absolute Gasteiger partial charge is 0.419 e. The molecule has 6 heteroatoms. The first kappa shape index (κ1) is 16.7. The molecular formula is C20H21FN4O. The van der Waals surface area contributed by atoms with E-state index in [1.165, 1.54) is 12.1 Å². The zero-order valence-electron chi connectivity index (χ0n) is 14.7. The highest BCUT2D eigenvalue weighted by Gasteiger charge is 2.20. The van der Waals surface area contributed by atoms with E-state index >= 15 is 0 Å². The number of aromatic nitrogens is 2. The molecule has 1 saturated heterocycles. The van der Waals surface area contributed by atoms with Gasteiger partial charge in [0.1, 0.15) is 5.82 Å². The molecule has 3 aromatic rings. The van der Waals surface area contributed by atoms with Gasteiger partial charge in [-0.3, -0.25) is 4.90 Å². The SMILES string of the molecule is Cc1ccccc1-c1nnc(CN2CCN(c3ccc(F)cc3)CC2)o1. The van der Waals surface area contributed by atoms with Gasteiger partial charge in [0.25, 0.3) is 0 Å². The summed E-state index contributed by atoms with van der Waals surface area (Å²) in [5.74, 6) is 1.01. The van der Waals surface area contributed by atoms with Gasteiger partial charge in [0, 0.05) is 37.4 Å². The summed E-state index contributed by atoms with van der Waals surface area (Å²) in [5, 5.41) is 8.40. The summed E-state index contributed by atoms with van der Waals surface area (Å²) in [6.45, 7) is 6.28. The van der Waals surface area contributed by atoms with Gasteiger partial charge in [-0.15, -0.1) is 10.2 Å². The fourth-order valence-corrected chi connectivity index (χ4v) is 3.25. The van der Waals surface area contributed by atoms with Gasteiger partial charge in [-0.2, -0.15) is 0 Å². The van der Waals surface area contributed by atoms with E-state index in [1.807, 2.05) is 43.3 Å². The van der Waals surface area contributed by atoms with Crippen LogP contribution in [0.15, 0.2) is 52.9 Å². The van der Waals surface area contributed by atoms with Crippen molar-refractivity contribution in [1.82, 2.24) is 15.1 Å². The number of benzene rings is 2. The Morgan fingerprint density at radius 2 is 1.69 bits per heavy atom. The van der Waals surface area contributed by atoms with Crippen LogP contribution in [0.25, 0.3) is 11.5 Å². The van der Waals surface area contributed by atoms with E-state index in [-0.39, 0.29) is 5.82 Å². The fraction of sp³-hybridized carbons (Fsp3) is 0.300. The number of piperazine rings is 1. The van der Waals surface area contributed by atoms with Crippen molar-refractivity contribution >= 4 is 5.69 Å². The second kappa shape index (κ2) is 7.25. The summed E-state index contributed by atoms with van der Waals surface area (Å²) in [4.78, 5) is 4.57. The molecule has 1 aromatic heterocycles. The minimum atomic E-state index is -0.201. The van der Waals surface area contributed by atoms with Gasteiger partial charge in [-0.05, 0) is 42.8 Å². The van der Waals surface area contributed by atoms with Crippen LogP contribution in [0, 0.1) is 12.7 Å². The van der Waals surface area contributed by atoms with E-state index in [0.717, 1.165) is 43.0 Å². The van der Waals surface area contributed by atoms with Gasteiger partial charge >= 0.3 is 0 Å². The summed E-state index contributed by atoms with van der Waals surface area (Å²) in [5.41, 5.74) is 3.16. The van der Waals surface area contributed by atoms with Crippen molar-refractivity contribution in [3.05, 3.63) is 65.8 Å². The molecule has 0 bridgehead atoms. The van der Waals surface area contributed by atoms with Crippen LogP contribution >= 0.6 is 0 Å². The minimum absolute atomic E-state index is 0.201. The maximum atomic E-state index is 13.1. The Labute approximate surface area is 152 Å². The lowest BCUT2D eigenvalue weighted by molar-refractivity contribution is 0.227. The van der Waals surface area contributed by atoms with Gasteiger partial charge in [0.2, 0.25) is 11.8 Å². The quantitative estimate of drug-likeness (QED) is 0.719. The van der Waals surface area contributed by atoms with E-state index in [0.29, 0.717) is 18.3 Å². The molecule has 1 fully saturated rings. The van der Waals surface area contributed by atoms with Crippen LogP contribution in [0.5, 0.6) is 0 Å². The predicted molar refractivity (Wildman–Crippen MR) is 98.4 cm³/mol. The first-order valence-corrected chi connectivity index (χ1v) is 8.80. The number of anilines is 1. The molecule has 1 aliphatic heterocycles. The van der Waals surface area contributed by atoms with Crippen LogP contribution in [-0.4, -0.2) is 41.3 Å². The predicted octanol–water partition coefficient (Wildman–Crippen LogP) is 3.51.